The lowest BCUT2D eigenvalue weighted by Gasteiger charge is -2.30. The zero-order valence-corrected chi connectivity index (χ0v) is 14.2. The van der Waals surface area contributed by atoms with Crippen LogP contribution in [-0.2, 0) is 10.0 Å². The maximum absolute atomic E-state index is 12.8. The van der Waals surface area contributed by atoms with Gasteiger partial charge in [-0.05, 0) is 42.5 Å². The van der Waals surface area contributed by atoms with Gasteiger partial charge in [0.2, 0.25) is 0 Å². The van der Waals surface area contributed by atoms with Gasteiger partial charge in [-0.3, -0.25) is 4.31 Å². The Hall–Kier alpha value is -1.18. The summed E-state index contributed by atoms with van der Waals surface area (Å²) in [4.78, 5) is 1.22. The standard InChI is InChI=1S/C14H13BrN2O2S2/c15-10-1-4-12(5-2-10)21(18,19)17-7-8-20-14-6-3-11(16)9-13(14)17/h1-6,9H,7-8,16H2. The van der Waals surface area contributed by atoms with E-state index >= 15 is 0 Å². The molecule has 2 N–H and O–H groups in total. The van der Waals surface area contributed by atoms with Crippen LogP contribution in [-0.4, -0.2) is 20.7 Å². The van der Waals surface area contributed by atoms with E-state index in [2.05, 4.69) is 15.9 Å². The molecule has 0 aliphatic carbocycles. The molecule has 0 bridgehead atoms. The monoisotopic (exact) mass is 384 g/mol. The van der Waals surface area contributed by atoms with Crippen molar-refractivity contribution in [1.29, 1.82) is 0 Å². The fraction of sp³-hybridized carbons (Fsp3) is 0.143. The summed E-state index contributed by atoms with van der Waals surface area (Å²) < 4.78 is 28.0. The molecule has 0 unspecified atom stereocenters. The van der Waals surface area contributed by atoms with Crippen molar-refractivity contribution < 1.29 is 8.42 Å². The highest BCUT2D eigenvalue weighted by molar-refractivity contribution is 9.10. The van der Waals surface area contributed by atoms with Crippen LogP contribution in [0.5, 0.6) is 0 Å². The zero-order chi connectivity index (χ0) is 15.0. The second kappa shape index (κ2) is 5.55. The van der Waals surface area contributed by atoms with Crippen molar-refractivity contribution in [3.8, 4) is 0 Å². The largest absolute Gasteiger partial charge is 0.399 e. The Morgan fingerprint density at radius 2 is 1.86 bits per heavy atom. The second-order valence-corrected chi connectivity index (χ2v) is 8.52. The molecule has 4 nitrogen and oxygen atoms in total. The zero-order valence-electron chi connectivity index (χ0n) is 11.0. The summed E-state index contributed by atoms with van der Waals surface area (Å²) in [7, 11) is -3.57. The van der Waals surface area contributed by atoms with Gasteiger partial charge in [0, 0.05) is 27.4 Å². The second-order valence-electron chi connectivity index (χ2n) is 4.61. The predicted octanol–water partition coefficient (Wildman–Crippen LogP) is 3.33. The molecule has 0 spiro atoms. The fourth-order valence-electron chi connectivity index (χ4n) is 2.19. The van der Waals surface area contributed by atoms with Crippen molar-refractivity contribution in [2.75, 3.05) is 22.3 Å². The quantitative estimate of drug-likeness (QED) is 0.806. The fourth-order valence-corrected chi connectivity index (χ4v) is 5.08. The van der Waals surface area contributed by atoms with Crippen LogP contribution < -0.4 is 10.0 Å². The first-order valence-electron chi connectivity index (χ1n) is 6.29. The molecule has 3 rings (SSSR count). The molecule has 21 heavy (non-hydrogen) atoms. The highest BCUT2D eigenvalue weighted by Crippen LogP contribution is 2.38. The van der Waals surface area contributed by atoms with Gasteiger partial charge in [0.1, 0.15) is 0 Å². The van der Waals surface area contributed by atoms with Crippen LogP contribution in [0.1, 0.15) is 0 Å². The lowest BCUT2D eigenvalue weighted by Crippen LogP contribution is -2.35. The van der Waals surface area contributed by atoms with Crippen LogP contribution in [0, 0.1) is 0 Å². The SMILES string of the molecule is Nc1ccc2c(c1)N(S(=O)(=O)c1ccc(Br)cc1)CCS2. The molecule has 0 radical (unpaired) electrons. The number of nitrogens with two attached hydrogens (primary N) is 1. The van der Waals surface area contributed by atoms with Gasteiger partial charge in [-0.1, -0.05) is 15.9 Å². The number of hydrogen-bond acceptors (Lipinski definition) is 4. The number of sulfonamides is 1. The van der Waals surface area contributed by atoms with Crippen molar-refractivity contribution >= 4 is 49.1 Å². The first kappa shape index (κ1) is 14.7. The highest BCUT2D eigenvalue weighted by Gasteiger charge is 2.29. The lowest BCUT2D eigenvalue weighted by atomic mass is 10.3. The van der Waals surface area contributed by atoms with Gasteiger partial charge in [0.25, 0.3) is 10.0 Å². The van der Waals surface area contributed by atoms with E-state index < -0.39 is 10.0 Å². The molecule has 1 aliphatic rings. The third kappa shape index (κ3) is 2.77. The van der Waals surface area contributed by atoms with E-state index in [1.807, 2.05) is 6.07 Å². The number of halogens is 1. The molecular weight excluding hydrogens is 372 g/mol. The Kier molecular flexibility index (Phi) is 3.90. The van der Waals surface area contributed by atoms with Crippen molar-refractivity contribution in [3.05, 3.63) is 46.9 Å². The van der Waals surface area contributed by atoms with E-state index in [0.717, 1.165) is 15.1 Å². The van der Waals surface area contributed by atoms with Gasteiger partial charge < -0.3 is 5.73 Å². The molecule has 0 atom stereocenters. The summed E-state index contributed by atoms with van der Waals surface area (Å²) in [5, 5.41) is 0. The molecule has 0 amide bonds. The Morgan fingerprint density at radius 1 is 1.14 bits per heavy atom. The van der Waals surface area contributed by atoms with Crippen LogP contribution in [0.15, 0.2) is 56.7 Å². The summed E-state index contributed by atoms with van der Waals surface area (Å²) in [6.45, 7) is 0.444. The van der Waals surface area contributed by atoms with Gasteiger partial charge in [-0.2, -0.15) is 0 Å². The molecule has 2 aromatic carbocycles. The molecule has 2 aromatic rings. The smallest absolute Gasteiger partial charge is 0.264 e. The molecule has 0 saturated heterocycles. The minimum absolute atomic E-state index is 0.283. The normalized spacial score (nSPS) is 14.8. The molecule has 0 fully saturated rings. The van der Waals surface area contributed by atoms with Crippen LogP contribution in [0.2, 0.25) is 0 Å². The van der Waals surface area contributed by atoms with Gasteiger partial charge >= 0.3 is 0 Å². The van der Waals surface area contributed by atoms with Crippen LogP contribution >= 0.6 is 27.7 Å². The van der Waals surface area contributed by atoms with E-state index in [1.54, 1.807) is 48.2 Å². The van der Waals surface area contributed by atoms with Gasteiger partial charge in [-0.15, -0.1) is 11.8 Å². The summed E-state index contributed by atoms with van der Waals surface area (Å²) in [6, 6.07) is 12.1. The summed E-state index contributed by atoms with van der Waals surface area (Å²) >= 11 is 4.96. The number of nitrogens with zero attached hydrogens (tertiary/aromatic N) is 1. The maximum atomic E-state index is 12.8. The van der Waals surface area contributed by atoms with Crippen LogP contribution in [0.3, 0.4) is 0 Å². The van der Waals surface area contributed by atoms with Crippen molar-refractivity contribution in [2.24, 2.45) is 0 Å². The number of rotatable bonds is 2. The molecule has 7 heteroatoms. The van der Waals surface area contributed by atoms with E-state index in [9.17, 15) is 8.42 Å². The van der Waals surface area contributed by atoms with Crippen molar-refractivity contribution in [2.45, 2.75) is 9.79 Å². The third-order valence-corrected chi connectivity index (χ3v) is 6.60. The predicted molar refractivity (Wildman–Crippen MR) is 90.3 cm³/mol. The molecule has 0 saturated carbocycles. The number of benzene rings is 2. The minimum Gasteiger partial charge on any atom is -0.399 e. The van der Waals surface area contributed by atoms with E-state index in [1.165, 1.54) is 4.31 Å². The van der Waals surface area contributed by atoms with E-state index in [4.69, 9.17) is 5.73 Å². The number of fused-ring (bicyclic) bond motifs is 1. The Bertz CT molecular complexity index is 776. The Labute approximate surface area is 136 Å². The highest BCUT2D eigenvalue weighted by atomic mass is 79.9. The lowest BCUT2D eigenvalue weighted by molar-refractivity contribution is 0.591. The molecule has 0 aromatic heterocycles. The van der Waals surface area contributed by atoms with Gasteiger partial charge in [-0.25, -0.2) is 8.42 Å². The summed E-state index contributed by atoms with van der Waals surface area (Å²) in [5.41, 5.74) is 7.03. The van der Waals surface area contributed by atoms with Crippen LogP contribution in [0.25, 0.3) is 0 Å². The number of nitrogen functional groups attached to an aromatic ring is 1. The van der Waals surface area contributed by atoms with Crippen molar-refractivity contribution in [3.63, 3.8) is 0 Å². The first-order chi connectivity index (χ1) is 9.98. The van der Waals surface area contributed by atoms with Crippen LogP contribution in [0.4, 0.5) is 11.4 Å². The molecule has 1 heterocycles. The molecule has 1 aliphatic heterocycles. The molecular formula is C14H13BrN2O2S2. The Balaban J connectivity index is 2.09. The molecule has 110 valence electrons. The Morgan fingerprint density at radius 3 is 2.57 bits per heavy atom. The van der Waals surface area contributed by atoms with Crippen molar-refractivity contribution in [1.82, 2.24) is 0 Å². The number of hydrogen-bond donors (Lipinski definition) is 1. The number of anilines is 2. The topological polar surface area (TPSA) is 63.4 Å². The summed E-state index contributed by atoms with van der Waals surface area (Å²) in [5.74, 6) is 0.729. The maximum Gasteiger partial charge on any atom is 0.264 e. The minimum atomic E-state index is -3.57. The van der Waals surface area contributed by atoms with Gasteiger partial charge in [0.05, 0.1) is 10.6 Å². The van der Waals surface area contributed by atoms with E-state index in [0.29, 0.717) is 17.9 Å². The van der Waals surface area contributed by atoms with E-state index in [-0.39, 0.29) is 4.90 Å². The first-order valence-corrected chi connectivity index (χ1v) is 9.51. The average Bonchev–Trinajstić information content (AvgIpc) is 2.47. The third-order valence-electron chi connectivity index (χ3n) is 3.21. The van der Waals surface area contributed by atoms with Gasteiger partial charge in [0.15, 0.2) is 0 Å². The number of thioether (sulfide) groups is 1. The average molecular weight is 385 g/mol. The summed E-state index contributed by atoms with van der Waals surface area (Å²) in [6.07, 6.45) is 0.